The molecule has 0 saturated heterocycles. The van der Waals surface area contributed by atoms with Gasteiger partial charge in [-0.05, 0) is 18.6 Å². The molecule has 0 saturated carbocycles. The van der Waals surface area contributed by atoms with Crippen LogP contribution in [0.25, 0.3) is 10.8 Å². The Hall–Kier alpha value is -2.37. The fourth-order valence-electron chi connectivity index (χ4n) is 1.96. The summed E-state index contributed by atoms with van der Waals surface area (Å²) in [6, 6.07) is 3.58. The fourth-order valence-corrected chi connectivity index (χ4v) is 1.96. The Labute approximate surface area is 109 Å². The van der Waals surface area contributed by atoms with Crippen molar-refractivity contribution in [2.75, 3.05) is 13.3 Å². The highest BCUT2D eigenvalue weighted by molar-refractivity contribution is 6.05. The summed E-state index contributed by atoms with van der Waals surface area (Å²) >= 11 is 0. The fraction of sp³-hybridized carbons (Fsp3) is 0.308. The monoisotopic (exact) mass is 259 g/mol. The zero-order valence-electron chi connectivity index (χ0n) is 10.5. The van der Waals surface area contributed by atoms with Crippen LogP contribution in [-0.2, 0) is 0 Å². The summed E-state index contributed by atoms with van der Waals surface area (Å²) < 4.78 is 10.6. The number of amides is 1. The second kappa shape index (κ2) is 4.72. The Morgan fingerprint density at radius 3 is 2.95 bits per heavy atom. The van der Waals surface area contributed by atoms with Gasteiger partial charge in [0.25, 0.3) is 5.91 Å². The molecule has 2 aromatic rings. The van der Waals surface area contributed by atoms with E-state index in [0.717, 1.165) is 11.8 Å². The first kappa shape index (κ1) is 11.7. The van der Waals surface area contributed by atoms with Crippen molar-refractivity contribution < 1.29 is 14.3 Å². The van der Waals surface area contributed by atoms with Crippen molar-refractivity contribution in [1.29, 1.82) is 0 Å². The summed E-state index contributed by atoms with van der Waals surface area (Å²) in [5.41, 5.74) is 0.309. The van der Waals surface area contributed by atoms with Crippen molar-refractivity contribution in [3.8, 4) is 11.5 Å². The molecular formula is C13H13N3O3. The van der Waals surface area contributed by atoms with Crippen molar-refractivity contribution in [1.82, 2.24) is 15.5 Å². The van der Waals surface area contributed by atoms with Crippen LogP contribution < -0.4 is 14.8 Å². The van der Waals surface area contributed by atoms with Crippen LogP contribution in [0.15, 0.2) is 18.3 Å². The molecule has 98 valence electrons. The topological polar surface area (TPSA) is 73.3 Å². The highest BCUT2D eigenvalue weighted by Crippen LogP contribution is 2.36. The Kier molecular flexibility index (Phi) is 2.91. The van der Waals surface area contributed by atoms with Gasteiger partial charge in [-0.25, -0.2) is 0 Å². The van der Waals surface area contributed by atoms with E-state index < -0.39 is 0 Å². The normalized spacial score (nSPS) is 12.7. The van der Waals surface area contributed by atoms with E-state index in [1.807, 2.05) is 13.0 Å². The Balaban J connectivity index is 2.07. The number of aromatic nitrogens is 2. The molecule has 1 amide bonds. The number of rotatable bonds is 3. The van der Waals surface area contributed by atoms with Crippen molar-refractivity contribution in [2.24, 2.45) is 0 Å². The molecule has 0 bridgehead atoms. The summed E-state index contributed by atoms with van der Waals surface area (Å²) in [6.07, 6.45) is 2.48. The highest BCUT2D eigenvalue weighted by Gasteiger charge is 2.18. The molecule has 6 heteroatoms. The lowest BCUT2D eigenvalue weighted by Crippen LogP contribution is -2.25. The minimum Gasteiger partial charge on any atom is -0.454 e. The van der Waals surface area contributed by atoms with Crippen LogP contribution in [0.1, 0.15) is 23.8 Å². The Morgan fingerprint density at radius 1 is 1.37 bits per heavy atom. The zero-order valence-corrected chi connectivity index (χ0v) is 10.5. The zero-order chi connectivity index (χ0) is 13.2. The van der Waals surface area contributed by atoms with Gasteiger partial charge in [0.15, 0.2) is 17.2 Å². The molecule has 1 aliphatic heterocycles. The number of benzene rings is 1. The maximum atomic E-state index is 12.0. The summed E-state index contributed by atoms with van der Waals surface area (Å²) in [5.74, 6) is 1.07. The van der Waals surface area contributed by atoms with Gasteiger partial charge in [-0.15, -0.1) is 5.10 Å². The average molecular weight is 259 g/mol. The highest BCUT2D eigenvalue weighted by atomic mass is 16.7. The number of ether oxygens (including phenoxy) is 2. The molecule has 0 radical (unpaired) electrons. The van der Waals surface area contributed by atoms with Crippen LogP contribution in [0, 0.1) is 0 Å². The van der Waals surface area contributed by atoms with E-state index in [-0.39, 0.29) is 12.7 Å². The molecule has 1 aliphatic rings. The molecule has 19 heavy (non-hydrogen) atoms. The Bertz CT molecular complexity index is 642. The van der Waals surface area contributed by atoms with Crippen LogP contribution in [0.3, 0.4) is 0 Å². The number of fused-ring (bicyclic) bond motifs is 2. The molecule has 1 N–H and O–H groups in total. The van der Waals surface area contributed by atoms with Gasteiger partial charge in [-0.1, -0.05) is 6.92 Å². The van der Waals surface area contributed by atoms with Crippen LogP contribution in [0.5, 0.6) is 11.5 Å². The van der Waals surface area contributed by atoms with Crippen molar-refractivity contribution in [3.63, 3.8) is 0 Å². The number of hydrogen-bond donors (Lipinski definition) is 1. The molecule has 1 aromatic heterocycles. The van der Waals surface area contributed by atoms with Crippen LogP contribution in [-0.4, -0.2) is 29.4 Å². The Morgan fingerprint density at radius 2 is 2.16 bits per heavy atom. The van der Waals surface area contributed by atoms with E-state index in [0.29, 0.717) is 29.1 Å². The lowest BCUT2D eigenvalue weighted by Gasteiger charge is -2.06. The van der Waals surface area contributed by atoms with Gasteiger partial charge in [0.05, 0.1) is 6.20 Å². The van der Waals surface area contributed by atoms with E-state index in [4.69, 9.17) is 9.47 Å². The third kappa shape index (κ3) is 2.05. The molecule has 2 heterocycles. The van der Waals surface area contributed by atoms with Crippen LogP contribution in [0.4, 0.5) is 0 Å². The second-order valence-electron chi connectivity index (χ2n) is 4.24. The number of carbonyl (C=O) groups excluding carboxylic acids is 1. The summed E-state index contributed by atoms with van der Waals surface area (Å²) in [5, 5.41) is 12.1. The van der Waals surface area contributed by atoms with Crippen LogP contribution in [0.2, 0.25) is 0 Å². The smallest absolute Gasteiger partial charge is 0.272 e. The van der Waals surface area contributed by atoms with E-state index in [9.17, 15) is 4.79 Å². The van der Waals surface area contributed by atoms with Gasteiger partial charge in [0.2, 0.25) is 6.79 Å². The molecule has 1 aromatic carbocycles. The first-order valence-electron chi connectivity index (χ1n) is 6.13. The molecule has 0 aliphatic carbocycles. The van der Waals surface area contributed by atoms with Gasteiger partial charge >= 0.3 is 0 Å². The summed E-state index contributed by atoms with van der Waals surface area (Å²) in [6.45, 7) is 2.80. The van der Waals surface area contributed by atoms with E-state index in [1.165, 1.54) is 0 Å². The predicted octanol–water partition coefficient (Wildman–Crippen LogP) is 1.50. The molecule has 0 fully saturated rings. The number of carbonyl (C=O) groups is 1. The molecule has 3 rings (SSSR count). The largest absolute Gasteiger partial charge is 0.454 e. The average Bonchev–Trinajstić information content (AvgIpc) is 2.88. The predicted molar refractivity (Wildman–Crippen MR) is 68.3 cm³/mol. The molecular weight excluding hydrogens is 246 g/mol. The molecule has 6 nitrogen and oxygen atoms in total. The van der Waals surface area contributed by atoms with Crippen molar-refractivity contribution in [3.05, 3.63) is 24.0 Å². The number of hydrogen-bond acceptors (Lipinski definition) is 5. The minimum atomic E-state index is -0.223. The number of nitrogens with one attached hydrogen (secondary N) is 1. The molecule has 0 atom stereocenters. The third-order valence-electron chi connectivity index (χ3n) is 2.91. The van der Waals surface area contributed by atoms with E-state index in [1.54, 1.807) is 12.3 Å². The van der Waals surface area contributed by atoms with Crippen molar-refractivity contribution in [2.45, 2.75) is 13.3 Å². The maximum absolute atomic E-state index is 12.0. The van der Waals surface area contributed by atoms with E-state index >= 15 is 0 Å². The van der Waals surface area contributed by atoms with Gasteiger partial charge in [0, 0.05) is 17.3 Å². The second-order valence-corrected chi connectivity index (χ2v) is 4.24. The minimum absolute atomic E-state index is 0.198. The number of nitrogens with zero attached hydrogens (tertiary/aromatic N) is 2. The standard InChI is InChI=1S/C13H13N3O3/c1-2-3-14-13(17)12-9-5-11-10(18-7-19-11)4-8(9)6-15-16-12/h4-6H,2-3,7H2,1H3,(H,14,17). The van der Waals surface area contributed by atoms with Crippen molar-refractivity contribution >= 4 is 16.7 Å². The first-order chi connectivity index (χ1) is 9.29. The van der Waals surface area contributed by atoms with Gasteiger partial charge in [-0.2, -0.15) is 5.10 Å². The third-order valence-corrected chi connectivity index (χ3v) is 2.91. The SMILES string of the molecule is CCCNC(=O)c1nncc2cc3c(cc12)OCO3. The summed E-state index contributed by atoms with van der Waals surface area (Å²) in [7, 11) is 0. The lowest BCUT2D eigenvalue weighted by molar-refractivity contribution is 0.0949. The maximum Gasteiger partial charge on any atom is 0.272 e. The molecule has 0 unspecified atom stereocenters. The molecule has 0 spiro atoms. The lowest BCUT2D eigenvalue weighted by atomic mass is 10.1. The quantitative estimate of drug-likeness (QED) is 0.904. The van der Waals surface area contributed by atoms with Gasteiger partial charge in [0.1, 0.15) is 0 Å². The first-order valence-corrected chi connectivity index (χ1v) is 6.13. The summed E-state index contributed by atoms with van der Waals surface area (Å²) in [4.78, 5) is 12.0. The van der Waals surface area contributed by atoms with Gasteiger partial charge < -0.3 is 14.8 Å². The van der Waals surface area contributed by atoms with Crippen LogP contribution >= 0.6 is 0 Å². The van der Waals surface area contributed by atoms with Gasteiger partial charge in [-0.3, -0.25) is 4.79 Å². The van der Waals surface area contributed by atoms with E-state index in [2.05, 4.69) is 15.5 Å².